The molecule has 2 heteroatoms. The lowest BCUT2D eigenvalue weighted by Crippen LogP contribution is -2.33. The summed E-state index contributed by atoms with van der Waals surface area (Å²) in [6.45, 7) is 8.88. The lowest BCUT2D eigenvalue weighted by atomic mass is 9.94. The molecule has 1 aromatic heterocycles. The van der Waals surface area contributed by atoms with E-state index in [2.05, 4.69) is 81.8 Å². The zero-order valence-electron chi connectivity index (χ0n) is 18.9. The molecule has 3 aromatic carbocycles. The molecule has 4 aromatic rings. The minimum absolute atomic E-state index is 0.947. The highest BCUT2D eigenvalue weighted by Gasteiger charge is 2.33. The molecule has 0 radical (unpaired) electrons. The molecule has 0 N–H and O–H groups in total. The maximum atomic E-state index is 4.92. The topological polar surface area (TPSA) is 16.8 Å². The van der Waals surface area contributed by atoms with Crippen LogP contribution in [-0.4, -0.2) is 4.98 Å². The molecular weight excluding hydrogens is 376 g/mol. The van der Waals surface area contributed by atoms with Gasteiger partial charge in [0.1, 0.15) is 5.69 Å². The molecule has 0 spiro atoms. The van der Waals surface area contributed by atoms with Gasteiger partial charge in [0.05, 0.1) is 12.6 Å². The van der Waals surface area contributed by atoms with Gasteiger partial charge in [-0.15, -0.1) is 0 Å². The van der Waals surface area contributed by atoms with E-state index in [1.165, 1.54) is 72.5 Å². The first-order valence-electron chi connectivity index (χ1n) is 11.1. The summed E-state index contributed by atoms with van der Waals surface area (Å²) in [5, 5.41) is 0. The zero-order chi connectivity index (χ0) is 21.4. The van der Waals surface area contributed by atoms with Crippen LogP contribution in [0.15, 0.2) is 48.8 Å². The van der Waals surface area contributed by atoms with Crippen molar-refractivity contribution in [3.05, 3.63) is 93.3 Å². The molecular formula is C29H27N2+. The Morgan fingerprint density at radius 2 is 1.48 bits per heavy atom. The first kappa shape index (κ1) is 18.5. The summed E-state index contributed by atoms with van der Waals surface area (Å²) in [5.74, 6) is 0. The molecule has 0 saturated heterocycles. The third-order valence-corrected chi connectivity index (χ3v) is 7.37. The fraction of sp³-hybridized carbons (Fsp3) is 0.241. The fourth-order valence-corrected chi connectivity index (χ4v) is 5.67. The van der Waals surface area contributed by atoms with Gasteiger partial charge in [-0.3, -0.25) is 0 Å². The van der Waals surface area contributed by atoms with Crippen molar-refractivity contribution >= 4 is 0 Å². The SMILES string of the molecule is Cc1cc(C)c(C)c(-c2c3c(nc[n+]2C)-c2cc4c(cc2C3)-c2cccc(C)c2C4)c1. The standard InChI is InChI=1S/C29H27N2/c1-16-9-18(3)19(4)24(10-16)29-27-14-21-12-25-20(11-23-17(2)7-6-8-22(23)25)13-26(21)28(27)30-15-31(29)5/h6-10,12-13,15H,11,14H2,1-5H3/q+1. The van der Waals surface area contributed by atoms with Crippen LogP contribution in [0.2, 0.25) is 0 Å². The molecule has 2 nitrogen and oxygen atoms in total. The van der Waals surface area contributed by atoms with Crippen molar-refractivity contribution in [2.75, 3.05) is 0 Å². The number of hydrogen-bond acceptors (Lipinski definition) is 1. The van der Waals surface area contributed by atoms with Crippen LogP contribution in [0, 0.1) is 27.7 Å². The second-order valence-corrected chi connectivity index (χ2v) is 9.41. The van der Waals surface area contributed by atoms with Gasteiger partial charge in [-0.2, -0.15) is 0 Å². The molecule has 152 valence electrons. The minimum atomic E-state index is 0.947. The zero-order valence-corrected chi connectivity index (χ0v) is 18.9. The number of rotatable bonds is 1. The number of aryl methyl sites for hydroxylation is 4. The lowest BCUT2D eigenvalue weighted by molar-refractivity contribution is -0.663. The Labute approximate surface area is 184 Å². The van der Waals surface area contributed by atoms with Gasteiger partial charge in [-0.1, -0.05) is 29.8 Å². The van der Waals surface area contributed by atoms with E-state index in [9.17, 15) is 0 Å². The Hall–Kier alpha value is -3.26. The van der Waals surface area contributed by atoms with E-state index in [1.54, 1.807) is 0 Å². The van der Waals surface area contributed by atoms with E-state index in [0.717, 1.165) is 18.5 Å². The van der Waals surface area contributed by atoms with E-state index in [0.29, 0.717) is 0 Å². The molecule has 2 aliphatic rings. The van der Waals surface area contributed by atoms with E-state index >= 15 is 0 Å². The molecule has 0 bridgehead atoms. The second kappa shape index (κ2) is 6.37. The Balaban J connectivity index is 1.55. The summed E-state index contributed by atoms with van der Waals surface area (Å²) in [5.41, 5.74) is 19.1. The molecule has 2 aliphatic carbocycles. The average molecular weight is 404 g/mol. The molecule has 0 saturated carbocycles. The van der Waals surface area contributed by atoms with Gasteiger partial charge in [0.15, 0.2) is 5.69 Å². The largest absolute Gasteiger partial charge is 0.287 e. The number of hydrogen-bond donors (Lipinski definition) is 0. The minimum Gasteiger partial charge on any atom is -0.232 e. The molecule has 0 unspecified atom stereocenters. The highest BCUT2D eigenvalue weighted by Crippen LogP contribution is 2.46. The lowest BCUT2D eigenvalue weighted by Gasteiger charge is -2.13. The van der Waals surface area contributed by atoms with Crippen molar-refractivity contribution in [3.63, 3.8) is 0 Å². The van der Waals surface area contributed by atoms with Crippen LogP contribution in [0.3, 0.4) is 0 Å². The van der Waals surface area contributed by atoms with Gasteiger partial charge < -0.3 is 0 Å². The Morgan fingerprint density at radius 1 is 0.742 bits per heavy atom. The van der Waals surface area contributed by atoms with Gasteiger partial charge in [0.2, 0.25) is 0 Å². The molecule has 0 fully saturated rings. The van der Waals surface area contributed by atoms with Gasteiger partial charge in [0, 0.05) is 17.5 Å². The third-order valence-electron chi connectivity index (χ3n) is 7.37. The third kappa shape index (κ3) is 2.57. The predicted molar refractivity (Wildman–Crippen MR) is 126 cm³/mol. The van der Waals surface area contributed by atoms with E-state index in [4.69, 9.17) is 4.98 Å². The normalized spacial score (nSPS) is 13.1. The quantitative estimate of drug-likeness (QED) is 0.310. The summed E-state index contributed by atoms with van der Waals surface area (Å²) in [4.78, 5) is 4.92. The van der Waals surface area contributed by atoms with Crippen molar-refractivity contribution in [1.82, 2.24) is 4.98 Å². The molecule has 31 heavy (non-hydrogen) atoms. The van der Waals surface area contributed by atoms with Crippen LogP contribution in [0.1, 0.15) is 44.5 Å². The van der Waals surface area contributed by atoms with Gasteiger partial charge in [0.25, 0.3) is 6.33 Å². The number of fused-ring (bicyclic) bond motifs is 6. The van der Waals surface area contributed by atoms with Crippen molar-refractivity contribution < 1.29 is 4.57 Å². The summed E-state index contributed by atoms with van der Waals surface area (Å²) < 4.78 is 2.21. The van der Waals surface area contributed by atoms with Crippen molar-refractivity contribution in [1.29, 1.82) is 0 Å². The molecule has 6 rings (SSSR count). The summed E-state index contributed by atoms with van der Waals surface area (Å²) >= 11 is 0. The highest BCUT2D eigenvalue weighted by molar-refractivity contribution is 5.87. The number of aromatic nitrogens is 2. The summed E-state index contributed by atoms with van der Waals surface area (Å²) in [7, 11) is 2.13. The molecule has 0 atom stereocenters. The predicted octanol–water partition coefficient (Wildman–Crippen LogP) is 5.95. The number of nitrogens with zero attached hydrogens (tertiary/aromatic N) is 2. The first-order valence-corrected chi connectivity index (χ1v) is 11.1. The molecule has 1 heterocycles. The summed E-state index contributed by atoms with van der Waals surface area (Å²) in [6.07, 6.45) is 3.97. The van der Waals surface area contributed by atoms with Crippen molar-refractivity contribution in [2.45, 2.75) is 40.5 Å². The fourth-order valence-electron chi connectivity index (χ4n) is 5.67. The smallest absolute Gasteiger partial charge is 0.232 e. The van der Waals surface area contributed by atoms with Gasteiger partial charge >= 0.3 is 0 Å². The molecule has 0 amide bonds. The maximum absolute atomic E-state index is 4.92. The second-order valence-electron chi connectivity index (χ2n) is 9.41. The molecule has 0 aliphatic heterocycles. The van der Waals surface area contributed by atoms with Crippen molar-refractivity contribution in [3.8, 4) is 33.6 Å². The Bertz CT molecular complexity index is 1430. The van der Waals surface area contributed by atoms with E-state index in [-0.39, 0.29) is 0 Å². The Kier molecular flexibility index (Phi) is 3.80. The van der Waals surface area contributed by atoms with Crippen molar-refractivity contribution in [2.24, 2.45) is 7.05 Å². The maximum Gasteiger partial charge on any atom is 0.287 e. The van der Waals surface area contributed by atoms with Gasteiger partial charge in [-0.05, 0) is 102 Å². The number of benzene rings is 3. The van der Waals surface area contributed by atoms with E-state index < -0.39 is 0 Å². The average Bonchev–Trinajstić information content (AvgIpc) is 3.28. The van der Waals surface area contributed by atoms with Crippen LogP contribution in [0.5, 0.6) is 0 Å². The van der Waals surface area contributed by atoms with Crippen LogP contribution in [0.25, 0.3) is 33.6 Å². The van der Waals surface area contributed by atoms with E-state index in [1.807, 2.05) is 6.33 Å². The van der Waals surface area contributed by atoms with Crippen LogP contribution in [-0.2, 0) is 19.9 Å². The highest BCUT2D eigenvalue weighted by atomic mass is 15.0. The summed E-state index contributed by atoms with van der Waals surface area (Å²) in [6, 6.07) is 16.2. The van der Waals surface area contributed by atoms with Crippen LogP contribution < -0.4 is 4.57 Å². The monoisotopic (exact) mass is 403 g/mol. The Morgan fingerprint density at radius 3 is 2.32 bits per heavy atom. The first-order chi connectivity index (χ1) is 14.9. The van der Waals surface area contributed by atoms with Gasteiger partial charge in [-0.25, -0.2) is 4.57 Å². The van der Waals surface area contributed by atoms with Crippen LogP contribution >= 0.6 is 0 Å². The van der Waals surface area contributed by atoms with Crippen LogP contribution in [0.4, 0.5) is 0 Å².